The highest BCUT2D eigenvalue weighted by molar-refractivity contribution is 6.03. The second-order valence-corrected chi connectivity index (χ2v) is 7.60. The van der Waals surface area contributed by atoms with Gasteiger partial charge in [-0.25, -0.2) is 14.3 Å². The SMILES string of the molecule is COC(=O)C1=C(C(=O)OC)N(c2ccccc2-n2nc(C(F)(F)F)c3c2CCCC3)COC1. The maximum atomic E-state index is 13.7. The van der Waals surface area contributed by atoms with Gasteiger partial charge in [-0.3, -0.25) is 0 Å². The van der Waals surface area contributed by atoms with Gasteiger partial charge in [-0.15, -0.1) is 0 Å². The minimum absolute atomic E-state index is 0.0520. The molecular formula is C22H22F3N3O5. The number of benzene rings is 1. The van der Waals surface area contributed by atoms with E-state index in [1.807, 2.05) is 0 Å². The molecule has 0 amide bonds. The lowest BCUT2D eigenvalue weighted by molar-refractivity contribution is -0.142. The lowest BCUT2D eigenvalue weighted by atomic mass is 9.95. The molecule has 11 heteroatoms. The Morgan fingerprint density at radius 1 is 1.03 bits per heavy atom. The van der Waals surface area contributed by atoms with E-state index in [2.05, 4.69) is 5.10 Å². The number of rotatable bonds is 4. The molecule has 4 rings (SSSR count). The number of esters is 2. The summed E-state index contributed by atoms with van der Waals surface area (Å²) in [5, 5.41) is 3.95. The molecule has 8 nitrogen and oxygen atoms in total. The van der Waals surface area contributed by atoms with Gasteiger partial charge in [-0.1, -0.05) is 12.1 Å². The highest BCUT2D eigenvalue weighted by atomic mass is 19.4. The quantitative estimate of drug-likeness (QED) is 0.642. The second kappa shape index (κ2) is 8.89. The van der Waals surface area contributed by atoms with Crippen LogP contribution in [0.5, 0.6) is 0 Å². The Morgan fingerprint density at radius 3 is 2.36 bits per heavy atom. The first-order valence-corrected chi connectivity index (χ1v) is 10.3. The summed E-state index contributed by atoms with van der Waals surface area (Å²) in [7, 11) is 2.34. The number of aromatic nitrogens is 2. The van der Waals surface area contributed by atoms with Crippen molar-refractivity contribution in [3.8, 4) is 5.69 Å². The van der Waals surface area contributed by atoms with Crippen LogP contribution >= 0.6 is 0 Å². The summed E-state index contributed by atoms with van der Waals surface area (Å²) in [6.07, 6.45) is -2.47. The number of methoxy groups -OCH3 is 2. The first-order chi connectivity index (χ1) is 15.8. The minimum Gasteiger partial charge on any atom is -0.466 e. The van der Waals surface area contributed by atoms with Crippen molar-refractivity contribution in [2.24, 2.45) is 0 Å². The lowest BCUT2D eigenvalue weighted by Crippen LogP contribution is -2.39. The Labute approximate surface area is 187 Å². The van der Waals surface area contributed by atoms with Crippen LogP contribution in [-0.2, 0) is 42.8 Å². The largest absolute Gasteiger partial charge is 0.466 e. The lowest BCUT2D eigenvalue weighted by Gasteiger charge is -2.32. The number of hydrogen-bond donors (Lipinski definition) is 0. The van der Waals surface area contributed by atoms with Crippen LogP contribution in [0.4, 0.5) is 18.9 Å². The Balaban J connectivity index is 1.91. The Kier molecular flexibility index (Phi) is 6.15. The Bertz CT molecular complexity index is 1120. The normalized spacial score (nSPS) is 16.5. The van der Waals surface area contributed by atoms with Gasteiger partial charge in [0, 0.05) is 11.3 Å². The second-order valence-electron chi connectivity index (χ2n) is 7.60. The number of hydrogen-bond acceptors (Lipinski definition) is 7. The van der Waals surface area contributed by atoms with Crippen molar-refractivity contribution in [3.05, 3.63) is 52.5 Å². The van der Waals surface area contributed by atoms with Crippen molar-refractivity contribution < 1.29 is 37.0 Å². The van der Waals surface area contributed by atoms with Gasteiger partial charge < -0.3 is 19.1 Å². The zero-order chi connectivity index (χ0) is 23.8. The number of carbonyl (C=O) groups excluding carboxylic acids is 2. The van der Waals surface area contributed by atoms with Crippen LogP contribution in [0.2, 0.25) is 0 Å². The standard InChI is InChI=1S/C22H22F3N3O5/c1-31-20(29)14-11-33-12-27(18(14)21(30)32-2)16-9-5-6-10-17(16)28-15-8-4-3-7-13(15)19(26-28)22(23,24)25/h5-6,9-10H,3-4,7-8,11-12H2,1-2H3. The fourth-order valence-corrected chi connectivity index (χ4v) is 4.23. The van der Waals surface area contributed by atoms with E-state index in [-0.39, 0.29) is 30.2 Å². The molecule has 0 radical (unpaired) electrons. The molecule has 1 aromatic heterocycles. The van der Waals surface area contributed by atoms with Gasteiger partial charge in [0.2, 0.25) is 0 Å². The van der Waals surface area contributed by atoms with Gasteiger partial charge in [-0.05, 0) is 37.8 Å². The van der Waals surface area contributed by atoms with Crippen LogP contribution in [-0.4, -0.2) is 49.3 Å². The number of anilines is 1. The third-order valence-corrected chi connectivity index (χ3v) is 5.68. The van der Waals surface area contributed by atoms with Gasteiger partial charge in [0.05, 0.1) is 37.8 Å². The summed E-state index contributed by atoms with van der Waals surface area (Å²) in [4.78, 5) is 26.3. The number of carbonyl (C=O) groups is 2. The van der Waals surface area contributed by atoms with E-state index in [9.17, 15) is 22.8 Å². The molecule has 2 aromatic rings. The highest BCUT2D eigenvalue weighted by Crippen LogP contribution is 2.39. The molecule has 33 heavy (non-hydrogen) atoms. The van der Waals surface area contributed by atoms with E-state index >= 15 is 0 Å². The molecular weight excluding hydrogens is 443 g/mol. The number of halogens is 3. The van der Waals surface area contributed by atoms with Gasteiger partial charge in [0.25, 0.3) is 0 Å². The molecule has 0 spiro atoms. The van der Waals surface area contributed by atoms with Crippen LogP contribution in [0.15, 0.2) is 35.5 Å². The predicted molar refractivity (Wildman–Crippen MR) is 110 cm³/mol. The summed E-state index contributed by atoms with van der Waals surface area (Å²) in [5.74, 6) is -1.57. The molecule has 1 aliphatic heterocycles. The molecule has 0 N–H and O–H groups in total. The van der Waals surface area contributed by atoms with Gasteiger partial charge in [0.1, 0.15) is 12.4 Å². The maximum absolute atomic E-state index is 13.7. The fourth-order valence-electron chi connectivity index (χ4n) is 4.23. The average molecular weight is 465 g/mol. The summed E-state index contributed by atoms with van der Waals surface area (Å²) < 4.78 is 57.6. The van der Waals surface area contributed by atoms with E-state index < -0.39 is 23.8 Å². The van der Waals surface area contributed by atoms with Gasteiger partial charge >= 0.3 is 18.1 Å². The summed E-state index contributed by atoms with van der Waals surface area (Å²) in [6.45, 7) is -0.303. The monoisotopic (exact) mass is 465 g/mol. The molecule has 176 valence electrons. The summed E-state index contributed by atoms with van der Waals surface area (Å²) >= 11 is 0. The zero-order valence-electron chi connectivity index (χ0n) is 18.1. The van der Waals surface area contributed by atoms with Crippen LogP contribution in [0.3, 0.4) is 0 Å². The van der Waals surface area contributed by atoms with Gasteiger partial charge in [0.15, 0.2) is 5.69 Å². The van der Waals surface area contributed by atoms with E-state index in [1.54, 1.807) is 24.3 Å². The topological polar surface area (TPSA) is 82.9 Å². The van der Waals surface area contributed by atoms with Crippen LogP contribution in [0.1, 0.15) is 29.8 Å². The molecule has 0 unspecified atom stereocenters. The van der Waals surface area contributed by atoms with Crippen molar-refractivity contribution in [1.29, 1.82) is 0 Å². The number of para-hydroxylation sites is 2. The van der Waals surface area contributed by atoms with Crippen LogP contribution in [0, 0.1) is 0 Å². The first-order valence-electron chi connectivity index (χ1n) is 10.3. The minimum atomic E-state index is -4.59. The molecule has 0 saturated heterocycles. The van der Waals surface area contributed by atoms with E-state index in [4.69, 9.17) is 14.2 Å². The summed E-state index contributed by atoms with van der Waals surface area (Å²) in [5.41, 5.74) is 0.281. The van der Waals surface area contributed by atoms with Crippen molar-refractivity contribution in [1.82, 2.24) is 9.78 Å². The number of nitrogens with zero attached hydrogens (tertiary/aromatic N) is 3. The van der Waals surface area contributed by atoms with E-state index in [1.165, 1.54) is 23.8 Å². The van der Waals surface area contributed by atoms with E-state index in [0.29, 0.717) is 36.3 Å². The summed E-state index contributed by atoms with van der Waals surface area (Å²) in [6, 6.07) is 6.56. The molecule has 0 bridgehead atoms. The molecule has 0 fully saturated rings. The smallest absolute Gasteiger partial charge is 0.435 e. The number of ether oxygens (including phenoxy) is 3. The molecule has 1 aromatic carbocycles. The highest BCUT2D eigenvalue weighted by Gasteiger charge is 2.40. The molecule has 0 saturated carbocycles. The molecule has 1 aliphatic carbocycles. The maximum Gasteiger partial charge on any atom is 0.435 e. The fraction of sp³-hybridized carbons (Fsp3) is 0.409. The van der Waals surface area contributed by atoms with Crippen LogP contribution < -0.4 is 4.90 Å². The number of alkyl halides is 3. The predicted octanol–water partition coefficient (Wildman–Crippen LogP) is 3.16. The Morgan fingerprint density at radius 2 is 1.70 bits per heavy atom. The van der Waals surface area contributed by atoms with Crippen molar-refractivity contribution in [2.45, 2.75) is 31.9 Å². The molecule has 2 heterocycles. The Hall–Kier alpha value is -3.34. The molecule has 2 aliphatic rings. The average Bonchev–Trinajstić information content (AvgIpc) is 3.23. The third kappa shape index (κ3) is 4.08. The van der Waals surface area contributed by atoms with Crippen molar-refractivity contribution in [2.75, 3.05) is 32.5 Å². The zero-order valence-corrected chi connectivity index (χ0v) is 18.1. The molecule has 0 atom stereocenters. The van der Waals surface area contributed by atoms with Crippen LogP contribution in [0.25, 0.3) is 5.69 Å². The van der Waals surface area contributed by atoms with E-state index in [0.717, 1.165) is 6.42 Å². The van der Waals surface area contributed by atoms with Crippen molar-refractivity contribution >= 4 is 17.6 Å². The third-order valence-electron chi connectivity index (χ3n) is 5.68. The van der Waals surface area contributed by atoms with Gasteiger partial charge in [-0.2, -0.15) is 18.3 Å². The number of fused-ring (bicyclic) bond motifs is 1. The first kappa shape index (κ1) is 22.8. The van der Waals surface area contributed by atoms with Crippen molar-refractivity contribution in [3.63, 3.8) is 0 Å².